The van der Waals surface area contributed by atoms with Crippen molar-refractivity contribution in [2.45, 2.75) is 44.8 Å². The van der Waals surface area contributed by atoms with Gasteiger partial charge < -0.3 is 14.8 Å². The molecule has 1 aliphatic carbocycles. The number of rotatable bonds is 6. The number of ether oxygens (including phenoxy) is 2. The molecule has 6 nitrogen and oxygen atoms in total. The van der Waals surface area contributed by atoms with E-state index in [1.807, 2.05) is 6.07 Å². The molecule has 122 valence electrons. The Morgan fingerprint density at radius 2 is 1.96 bits per heavy atom. The third-order valence-corrected chi connectivity index (χ3v) is 3.69. The van der Waals surface area contributed by atoms with Gasteiger partial charge in [-0.2, -0.15) is 5.26 Å². The SMILES string of the molecule is C[C@@H](Oc1ccc(C#N)cc1)C(=O)OCC(=O)NC1CCCC1. The van der Waals surface area contributed by atoms with Gasteiger partial charge in [0.15, 0.2) is 12.7 Å². The fraction of sp³-hybridized carbons (Fsp3) is 0.471. The third-order valence-electron chi connectivity index (χ3n) is 3.69. The van der Waals surface area contributed by atoms with E-state index in [1.54, 1.807) is 31.2 Å². The van der Waals surface area contributed by atoms with Crippen LogP contribution in [-0.4, -0.2) is 30.6 Å². The Balaban J connectivity index is 1.73. The second-order valence-corrected chi connectivity index (χ2v) is 5.55. The van der Waals surface area contributed by atoms with Gasteiger partial charge in [0.2, 0.25) is 0 Å². The topological polar surface area (TPSA) is 88.4 Å². The number of esters is 1. The van der Waals surface area contributed by atoms with Crippen molar-refractivity contribution in [3.8, 4) is 11.8 Å². The molecule has 0 unspecified atom stereocenters. The normalized spacial score (nSPS) is 15.5. The molecule has 1 fully saturated rings. The minimum Gasteiger partial charge on any atom is -0.479 e. The fourth-order valence-corrected chi connectivity index (χ4v) is 2.45. The van der Waals surface area contributed by atoms with Gasteiger partial charge >= 0.3 is 5.97 Å². The predicted octanol–water partition coefficient (Wildman–Crippen LogP) is 1.93. The third kappa shape index (κ3) is 5.29. The number of amides is 1. The summed E-state index contributed by atoms with van der Waals surface area (Å²) in [5.41, 5.74) is 0.510. The molecule has 0 spiro atoms. The first-order valence-corrected chi connectivity index (χ1v) is 7.71. The number of hydrogen-bond donors (Lipinski definition) is 1. The van der Waals surface area contributed by atoms with Crippen LogP contribution in [0.25, 0.3) is 0 Å². The Kier molecular flexibility index (Phi) is 5.98. The highest BCUT2D eigenvalue weighted by molar-refractivity contribution is 5.82. The van der Waals surface area contributed by atoms with Crippen LogP contribution < -0.4 is 10.1 Å². The lowest BCUT2D eigenvalue weighted by molar-refractivity contribution is -0.154. The van der Waals surface area contributed by atoms with Crippen molar-refractivity contribution in [2.75, 3.05) is 6.61 Å². The van der Waals surface area contributed by atoms with E-state index in [4.69, 9.17) is 14.7 Å². The van der Waals surface area contributed by atoms with Crippen molar-refractivity contribution in [1.29, 1.82) is 5.26 Å². The van der Waals surface area contributed by atoms with Crippen molar-refractivity contribution in [3.63, 3.8) is 0 Å². The van der Waals surface area contributed by atoms with E-state index in [9.17, 15) is 9.59 Å². The summed E-state index contributed by atoms with van der Waals surface area (Å²) in [6.45, 7) is 1.26. The molecule has 1 N–H and O–H groups in total. The molecule has 1 amide bonds. The number of nitriles is 1. The van der Waals surface area contributed by atoms with E-state index in [0.717, 1.165) is 25.7 Å². The van der Waals surface area contributed by atoms with Gasteiger partial charge in [-0.05, 0) is 44.0 Å². The van der Waals surface area contributed by atoms with Crippen molar-refractivity contribution in [1.82, 2.24) is 5.32 Å². The highest BCUT2D eigenvalue weighted by atomic mass is 16.6. The van der Waals surface area contributed by atoms with Gasteiger partial charge in [0, 0.05) is 6.04 Å². The number of carbonyl (C=O) groups is 2. The first-order valence-electron chi connectivity index (χ1n) is 7.71. The average Bonchev–Trinajstić information content (AvgIpc) is 3.06. The van der Waals surface area contributed by atoms with Crippen LogP contribution in [0.4, 0.5) is 0 Å². The van der Waals surface area contributed by atoms with Gasteiger partial charge in [-0.25, -0.2) is 4.79 Å². The Morgan fingerprint density at radius 1 is 1.30 bits per heavy atom. The molecular weight excluding hydrogens is 296 g/mol. The maximum absolute atomic E-state index is 11.8. The summed E-state index contributed by atoms with van der Waals surface area (Å²) >= 11 is 0. The standard InChI is InChI=1S/C17H20N2O4/c1-12(23-15-8-6-13(10-18)7-9-15)17(21)22-11-16(20)19-14-4-2-3-5-14/h6-9,12,14H,2-5,11H2,1H3,(H,19,20)/t12-/m1/s1. The van der Waals surface area contributed by atoms with Crippen molar-refractivity contribution in [2.24, 2.45) is 0 Å². The van der Waals surface area contributed by atoms with E-state index in [-0.39, 0.29) is 18.6 Å². The summed E-state index contributed by atoms with van der Waals surface area (Å²) in [5, 5.41) is 11.6. The van der Waals surface area contributed by atoms with Crippen LogP contribution in [0, 0.1) is 11.3 Å². The van der Waals surface area contributed by atoms with Gasteiger partial charge in [-0.15, -0.1) is 0 Å². The second-order valence-electron chi connectivity index (χ2n) is 5.55. The molecule has 0 bridgehead atoms. The summed E-state index contributed by atoms with van der Waals surface area (Å²) in [5.74, 6) is -0.421. The van der Waals surface area contributed by atoms with Gasteiger partial charge in [0.1, 0.15) is 5.75 Å². The molecule has 1 saturated carbocycles. The van der Waals surface area contributed by atoms with Crippen LogP contribution in [0.15, 0.2) is 24.3 Å². The molecular formula is C17H20N2O4. The summed E-state index contributed by atoms with van der Waals surface area (Å²) < 4.78 is 10.4. The monoisotopic (exact) mass is 316 g/mol. The smallest absolute Gasteiger partial charge is 0.347 e. The molecule has 2 rings (SSSR count). The lowest BCUT2D eigenvalue weighted by Gasteiger charge is -2.15. The molecule has 1 aromatic carbocycles. The van der Waals surface area contributed by atoms with E-state index in [2.05, 4.69) is 5.32 Å². The Bertz CT molecular complexity index is 586. The summed E-state index contributed by atoms with van der Waals surface area (Å²) in [6.07, 6.45) is 3.39. The van der Waals surface area contributed by atoms with Gasteiger partial charge in [-0.3, -0.25) is 4.79 Å². The molecule has 1 aliphatic rings. The Morgan fingerprint density at radius 3 is 2.57 bits per heavy atom. The Hall–Kier alpha value is -2.55. The maximum atomic E-state index is 11.8. The lowest BCUT2D eigenvalue weighted by Crippen LogP contribution is -2.37. The minimum absolute atomic E-state index is 0.202. The molecule has 0 saturated heterocycles. The molecule has 23 heavy (non-hydrogen) atoms. The Labute approximate surface area is 135 Å². The molecule has 6 heteroatoms. The maximum Gasteiger partial charge on any atom is 0.347 e. The molecule has 1 aromatic rings. The number of benzene rings is 1. The zero-order chi connectivity index (χ0) is 16.7. The lowest BCUT2D eigenvalue weighted by atomic mass is 10.2. The van der Waals surface area contributed by atoms with Crippen LogP contribution in [0.2, 0.25) is 0 Å². The summed E-state index contributed by atoms with van der Waals surface area (Å²) in [7, 11) is 0. The van der Waals surface area contributed by atoms with Gasteiger partial charge in [0.05, 0.1) is 11.6 Å². The molecule has 1 atom stereocenters. The molecule has 0 aliphatic heterocycles. The van der Waals surface area contributed by atoms with Crippen molar-refractivity contribution >= 4 is 11.9 Å². The van der Waals surface area contributed by atoms with Crippen LogP contribution in [-0.2, 0) is 14.3 Å². The highest BCUT2D eigenvalue weighted by Crippen LogP contribution is 2.17. The van der Waals surface area contributed by atoms with Crippen molar-refractivity contribution < 1.29 is 19.1 Å². The summed E-state index contributed by atoms with van der Waals surface area (Å²) in [4.78, 5) is 23.5. The van der Waals surface area contributed by atoms with E-state index in [0.29, 0.717) is 11.3 Å². The number of nitrogens with zero attached hydrogens (tertiary/aromatic N) is 1. The van der Waals surface area contributed by atoms with Crippen LogP contribution >= 0.6 is 0 Å². The quantitative estimate of drug-likeness (QED) is 0.810. The minimum atomic E-state index is -0.831. The zero-order valence-electron chi connectivity index (χ0n) is 13.1. The average molecular weight is 316 g/mol. The zero-order valence-corrected chi connectivity index (χ0v) is 13.1. The number of hydrogen-bond acceptors (Lipinski definition) is 5. The van der Waals surface area contributed by atoms with Gasteiger partial charge in [0.25, 0.3) is 5.91 Å². The van der Waals surface area contributed by atoms with E-state index < -0.39 is 12.1 Å². The van der Waals surface area contributed by atoms with E-state index in [1.165, 1.54) is 0 Å². The second kappa shape index (κ2) is 8.18. The van der Waals surface area contributed by atoms with Gasteiger partial charge in [-0.1, -0.05) is 12.8 Å². The largest absolute Gasteiger partial charge is 0.479 e. The molecule has 0 radical (unpaired) electrons. The van der Waals surface area contributed by atoms with Crippen LogP contribution in [0.3, 0.4) is 0 Å². The molecule has 0 heterocycles. The van der Waals surface area contributed by atoms with Crippen LogP contribution in [0.5, 0.6) is 5.75 Å². The molecule has 0 aromatic heterocycles. The number of carbonyl (C=O) groups excluding carboxylic acids is 2. The van der Waals surface area contributed by atoms with Crippen molar-refractivity contribution in [3.05, 3.63) is 29.8 Å². The first-order chi connectivity index (χ1) is 11.1. The predicted molar refractivity (Wildman–Crippen MR) is 82.6 cm³/mol. The summed E-state index contributed by atoms with van der Waals surface area (Å²) in [6, 6.07) is 8.62. The first kappa shape index (κ1) is 16.8. The van der Waals surface area contributed by atoms with E-state index >= 15 is 0 Å². The highest BCUT2D eigenvalue weighted by Gasteiger charge is 2.20. The fourth-order valence-electron chi connectivity index (χ4n) is 2.45. The number of nitrogens with one attached hydrogen (secondary N) is 1. The van der Waals surface area contributed by atoms with Crippen LogP contribution in [0.1, 0.15) is 38.2 Å².